The maximum Gasteiger partial charge on any atom is 0.209 e. The molecule has 0 saturated carbocycles. The second-order valence-electron chi connectivity index (χ2n) is 3.28. The van der Waals surface area contributed by atoms with Crippen LogP contribution in [0.1, 0.15) is 18.5 Å². The highest BCUT2D eigenvalue weighted by molar-refractivity contribution is 7.88. The van der Waals surface area contributed by atoms with Crippen molar-refractivity contribution in [2.45, 2.75) is 13.0 Å². The number of benzene rings is 1. The van der Waals surface area contributed by atoms with Gasteiger partial charge in [-0.3, -0.25) is 0 Å². The molecule has 0 radical (unpaired) electrons. The Labute approximate surface area is 87.2 Å². The van der Waals surface area contributed by atoms with Crippen molar-refractivity contribution in [2.75, 3.05) is 6.26 Å². The van der Waals surface area contributed by atoms with E-state index >= 15 is 0 Å². The molecule has 1 atom stereocenters. The largest absolute Gasteiger partial charge is 0.213 e. The van der Waals surface area contributed by atoms with Gasteiger partial charge in [-0.2, -0.15) is 0 Å². The van der Waals surface area contributed by atoms with Gasteiger partial charge in [-0.25, -0.2) is 21.9 Å². The SMILES string of the molecule is CC(NS(C)(=O)=O)c1cc(F)ccc1F. The second kappa shape index (κ2) is 4.24. The molecule has 0 saturated heterocycles. The minimum Gasteiger partial charge on any atom is -0.213 e. The summed E-state index contributed by atoms with van der Waals surface area (Å²) in [4.78, 5) is 0. The highest BCUT2D eigenvalue weighted by atomic mass is 32.2. The third kappa shape index (κ3) is 3.56. The molecule has 1 aromatic rings. The Hall–Kier alpha value is -1.01. The fourth-order valence-corrected chi connectivity index (χ4v) is 2.00. The van der Waals surface area contributed by atoms with E-state index < -0.39 is 27.7 Å². The normalized spacial score (nSPS) is 13.9. The van der Waals surface area contributed by atoms with Gasteiger partial charge in [-0.05, 0) is 25.1 Å². The number of nitrogens with one attached hydrogen (secondary N) is 1. The van der Waals surface area contributed by atoms with Crippen LogP contribution in [0.15, 0.2) is 18.2 Å². The van der Waals surface area contributed by atoms with Crippen LogP contribution in [0.4, 0.5) is 8.78 Å². The Kier molecular flexibility index (Phi) is 3.41. The first kappa shape index (κ1) is 12.1. The van der Waals surface area contributed by atoms with Crippen LogP contribution in [-0.2, 0) is 10.0 Å². The molecule has 0 amide bonds. The van der Waals surface area contributed by atoms with E-state index in [9.17, 15) is 17.2 Å². The van der Waals surface area contributed by atoms with Crippen molar-refractivity contribution in [1.29, 1.82) is 0 Å². The fourth-order valence-electron chi connectivity index (χ4n) is 1.23. The molecule has 0 fully saturated rings. The number of hydrogen-bond acceptors (Lipinski definition) is 2. The summed E-state index contributed by atoms with van der Waals surface area (Å²) < 4.78 is 49.9. The number of rotatable bonds is 3. The van der Waals surface area contributed by atoms with Crippen molar-refractivity contribution in [1.82, 2.24) is 4.72 Å². The summed E-state index contributed by atoms with van der Waals surface area (Å²) in [6.45, 7) is 1.44. The van der Waals surface area contributed by atoms with Gasteiger partial charge >= 0.3 is 0 Å². The van der Waals surface area contributed by atoms with Gasteiger partial charge in [0.05, 0.1) is 6.26 Å². The lowest BCUT2D eigenvalue weighted by molar-refractivity contribution is 0.544. The van der Waals surface area contributed by atoms with Crippen molar-refractivity contribution < 1.29 is 17.2 Å². The molecule has 0 spiro atoms. The Balaban J connectivity index is 3.00. The van der Waals surface area contributed by atoms with Crippen molar-refractivity contribution in [3.8, 4) is 0 Å². The lowest BCUT2D eigenvalue weighted by Gasteiger charge is -2.13. The Bertz CT molecular complexity index is 459. The van der Waals surface area contributed by atoms with Crippen LogP contribution in [0, 0.1) is 11.6 Å². The van der Waals surface area contributed by atoms with E-state index in [0.717, 1.165) is 24.5 Å². The zero-order chi connectivity index (χ0) is 11.6. The summed E-state index contributed by atoms with van der Waals surface area (Å²) in [6.07, 6.45) is 0.959. The average molecular weight is 235 g/mol. The summed E-state index contributed by atoms with van der Waals surface area (Å²) in [6, 6.07) is 2.12. The van der Waals surface area contributed by atoms with Crippen molar-refractivity contribution >= 4 is 10.0 Å². The smallest absolute Gasteiger partial charge is 0.209 e. The van der Waals surface area contributed by atoms with Crippen LogP contribution in [0.25, 0.3) is 0 Å². The lowest BCUT2D eigenvalue weighted by Crippen LogP contribution is -2.26. The van der Waals surface area contributed by atoms with Crippen LogP contribution in [0.2, 0.25) is 0 Å². The van der Waals surface area contributed by atoms with Gasteiger partial charge in [-0.15, -0.1) is 0 Å². The van der Waals surface area contributed by atoms with Crippen LogP contribution in [-0.4, -0.2) is 14.7 Å². The predicted octanol–water partition coefficient (Wildman–Crippen LogP) is 1.57. The molecule has 15 heavy (non-hydrogen) atoms. The van der Waals surface area contributed by atoms with E-state index in [1.807, 2.05) is 0 Å². The van der Waals surface area contributed by atoms with Gasteiger partial charge in [0.1, 0.15) is 11.6 Å². The zero-order valence-electron chi connectivity index (χ0n) is 8.29. The maximum atomic E-state index is 13.2. The van der Waals surface area contributed by atoms with Gasteiger partial charge in [0.2, 0.25) is 10.0 Å². The van der Waals surface area contributed by atoms with E-state index in [1.54, 1.807) is 0 Å². The van der Waals surface area contributed by atoms with Gasteiger partial charge in [0, 0.05) is 11.6 Å². The molecule has 0 aliphatic heterocycles. The van der Waals surface area contributed by atoms with E-state index in [2.05, 4.69) is 4.72 Å². The summed E-state index contributed by atoms with van der Waals surface area (Å²) in [5.74, 6) is -1.24. The van der Waals surface area contributed by atoms with E-state index in [4.69, 9.17) is 0 Å². The topological polar surface area (TPSA) is 46.2 Å². The number of halogens is 2. The molecule has 84 valence electrons. The molecule has 0 aliphatic rings. The zero-order valence-corrected chi connectivity index (χ0v) is 9.11. The van der Waals surface area contributed by atoms with E-state index in [-0.39, 0.29) is 5.56 Å². The average Bonchev–Trinajstić information content (AvgIpc) is 2.06. The Morgan fingerprint density at radius 3 is 2.47 bits per heavy atom. The quantitative estimate of drug-likeness (QED) is 0.864. The van der Waals surface area contributed by atoms with Gasteiger partial charge in [-0.1, -0.05) is 0 Å². The highest BCUT2D eigenvalue weighted by Gasteiger charge is 2.15. The van der Waals surface area contributed by atoms with Gasteiger partial charge in [0.25, 0.3) is 0 Å². The van der Waals surface area contributed by atoms with Crippen LogP contribution in [0.3, 0.4) is 0 Å². The first-order chi connectivity index (χ1) is 6.79. The number of sulfonamides is 1. The Morgan fingerprint density at radius 2 is 1.93 bits per heavy atom. The van der Waals surface area contributed by atoms with Crippen molar-refractivity contribution in [3.63, 3.8) is 0 Å². The third-order valence-electron chi connectivity index (χ3n) is 1.82. The minimum atomic E-state index is -3.44. The molecule has 0 aromatic heterocycles. The second-order valence-corrected chi connectivity index (χ2v) is 5.06. The molecule has 1 unspecified atom stereocenters. The number of hydrogen-bond donors (Lipinski definition) is 1. The summed E-state index contributed by atoms with van der Waals surface area (Å²) in [7, 11) is -3.44. The van der Waals surface area contributed by atoms with Crippen molar-refractivity contribution in [2.24, 2.45) is 0 Å². The highest BCUT2D eigenvalue weighted by Crippen LogP contribution is 2.18. The molecule has 0 bridgehead atoms. The molecule has 1 N–H and O–H groups in total. The minimum absolute atomic E-state index is 0.0135. The van der Waals surface area contributed by atoms with Crippen molar-refractivity contribution in [3.05, 3.63) is 35.4 Å². The summed E-state index contributed by atoms with van der Waals surface area (Å²) >= 11 is 0. The van der Waals surface area contributed by atoms with Crippen LogP contribution < -0.4 is 4.72 Å². The first-order valence-electron chi connectivity index (χ1n) is 4.22. The standard InChI is InChI=1S/C9H11F2NO2S/c1-6(12-15(2,13)14)8-5-7(10)3-4-9(8)11/h3-6,12H,1-2H3. The molecule has 0 heterocycles. The van der Waals surface area contributed by atoms with Crippen LogP contribution in [0.5, 0.6) is 0 Å². The van der Waals surface area contributed by atoms with Gasteiger partial charge < -0.3 is 0 Å². The molecule has 1 aromatic carbocycles. The van der Waals surface area contributed by atoms with Crippen LogP contribution >= 0.6 is 0 Å². The first-order valence-corrected chi connectivity index (χ1v) is 6.11. The molecule has 6 heteroatoms. The molecule has 1 rings (SSSR count). The Morgan fingerprint density at radius 1 is 1.33 bits per heavy atom. The third-order valence-corrected chi connectivity index (χ3v) is 2.60. The summed E-state index contributed by atoms with van der Waals surface area (Å²) in [5, 5.41) is 0. The molecular formula is C9H11F2NO2S. The summed E-state index contributed by atoms with van der Waals surface area (Å²) in [5.41, 5.74) is -0.0135. The monoisotopic (exact) mass is 235 g/mol. The van der Waals surface area contributed by atoms with E-state index in [1.165, 1.54) is 6.92 Å². The molecule has 0 aliphatic carbocycles. The van der Waals surface area contributed by atoms with Gasteiger partial charge in [0.15, 0.2) is 0 Å². The predicted molar refractivity (Wildman–Crippen MR) is 52.8 cm³/mol. The lowest BCUT2D eigenvalue weighted by atomic mass is 10.1. The molecule has 3 nitrogen and oxygen atoms in total. The molecular weight excluding hydrogens is 224 g/mol. The maximum absolute atomic E-state index is 13.2. The van der Waals surface area contributed by atoms with E-state index in [0.29, 0.717) is 0 Å². The fraction of sp³-hybridized carbons (Fsp3) is 0.333.